The van der Waals surface area contributed by atoms with Gasteiger partial charge in [0.25, 0.3) is 15.2 Å². The second-order valence-corrected chi connectivity index (χ2v) is 5.57. The highest BCUT2D eigenvalue weighted by Crippen LogP contribution is 2.15. The van der Waals surface area contributed by atoms with Crippen LogP contribution >= 0.6 is 0 Å². The first-order valence-corrected chi connectivity index (χ1v) is 6.88. The summed E-state index contributed by atoms with van der Waals surface area (Å²) < 4.78 is 25.9. The van der Waals surface area contributed by atoms with Crippen molar-refractivity contribution in [2.24, 2.45) is 5.14 Å². The largest absolute Gasteiger partial charge is 0.297 e. The summed E-state index contributed by atoms with van der Waals surface area (Å²) >= 11 is 0. The molecule has 18 heavy (non-hydrogen) atoms. The molecule has 2 aromatic rings. The van der Waals surface area contributed by atoms with Crippen LogP contribution in [0.15, 0.2) is 23.6 Å². The zero-order valence-corrected chi connectivity index (χ0v) is 10.9. The zero-order valence-electron chi connectivity index (χ0n) is 10.1. The Kier molecular flexibility index (Phi) is 3.18. The summed E-state index contributed by atoms with van der Waals surface area (Å²) in [7, 11) is -3.88. The fourth-order valence-corrected chi connectivity index (χ4v) is 2.41. The number of sulfonamides is 1. The Morgan fingerprint density at radius 2 is 2.11 bits per heavy atom. The molecule has 0 aliphatic heterocycles. The van der Waals surface area contributed by atoms with Crippen LogP contribution in [0.4, 0.5) is 0 Å². The lowest BCUT2D eigenvalue weighted by Gasteiger charge is -2.12. The molecule has 98 valence electrons. The van der Waals surface area contributed by atoms with Crippen LogP contribution in [-0.2, 0) is 16.6 Å². The van der Waals surface area contributed by atoms with Gasteiger partial charge in [0.2, 0.25) is 0 Å². The van der Waals surface area contributed by atoms with Gasteiger partial charge in [-0.05, 0) is 19.9 Å². The Balaban J connectivity index is 2.46. The van der Waals surface area contributed by atoms with Gasteiger partial charge in [-0.2, -0.15) is 5.10 Å². The van der Waals surface area contributed by atoms with Gasteiger partial charge in [0.15, 0.2) is 5.82 Å². The molecule has 0 unspecified atom stereocenters. The minimum atomic E-state index is -3.88. The molecule has 0 bridgehead atoms. The molecular weight excluding hydrogens is 256 g/mol. The molecule has 8 nitrogen and oxygen atoms in total. The predicted molar refractivity (Wildman–Crippen MR) is 63.1 cm³/mol. The lowest BCUT2D eigenvalue weighted by atomic mass is 10.4. The molecule has 0 atom stereocenters. The van der Waals surface area contributed by atoms with Crippen LogP contribution < -0.4 is 5.14 Å². The molecule has 0 aliphatic carbocycles. The number of hydrogen-bond donors (Lipinski definition) is 1. The van der Waals surface area contributed by atoms with E-state index in [0.717, 1.165) is 0 Å². The third kappa shape index (κ3) is 2.41. The van der Waals surface area contributed by atoms with Gasteiger partial charge in [0, 0.05) is 18.4 Å². The molecular formula is C9H14N6O2S. The molecule has 0 radical (unpaired) electrons. The van der Waals surface area contributed by atoms with E-state index in [1.165, 1.54) is 4.57 Å². The van der Waals surface area contributed by atoms with Crippen LogP contribution in [0.1, 0.15) is 25.7 Å². The Hall–Kier alpha value is -1.74. The molecule has 2 rings (SSSR count). The summed E-state index contributed by atoms with van der Waals surface area (Å²) in [5.41, 5.74) is 0. The van der Waals surface area contributed by atoms with E-state index >= 15 is 0 Å². The molecule has 0 aromatic carbocycles. The maximum Gasteiger partial charge on any atom is 0.273 e. The maximum absolute atomic E-state index is 11.4. The number of nitrogens with two attached hydrogens (primary N) is 1. The summed E-state index contributed by atoms with van der Waals surface area (Å²) in [5, 5.41) is 16.4. The van der Waals surface area contributed by atoms with Crippen molar-refractivity contribution < 1.29 is 8.42 Å². The Morgan fingerprint density at radius 3 is 2.61 bits per heavy atom. The highest BCUT2D eigenvalue weighted by Gasteiger charge is 2.22. The van der Waals surface area contributed by atoms with Gasteiger partial charge in [0.05, 0.1) is 0 Å². The van der Waals surface area contributed by atoms with E-state index in [4.69, 9.17) is 5.14 Å². The van der Waals surface area contributed by atoms with E-state index in [1.54, 1.807) is 23.1 Å². The molecule has 0 amide bonds. The second-order valence-electron chi connectivity index (χ2n) is 4.11. The Morgan fingerprint density at radius 1 is 1.39 bits per heavy atom. The van der Waals surface area contributed by atoms with Gasteiger partial charge in [-0.25, -0.2) is 13.6 Å². The monoisotopic (exact) mass is 270 g/mol. The van der Waals surface area contributed by atoms with Crippen LogP contribution in [0, 0.1) is 0 Å². The van der Waals surface area contributed by atoms with Crippen molar-refractivity contribution in [1.82, 2.24) is 24.5 Å². The van der Waals surface area contributed by atoms with E-state index in [1.807, 2.05) is 13.8 Å². The predicted octanol–water partition coefficient (Wildman–Crippen LogP) is -0.249. The summed E-state index contributed by atoms with van der Waals surface area (Å²) in [5.74, 6) is 0.498. The molecule has 9 heteroatoms. The van der Waals surface area contributed by atoms with Crippen molar-refractivity contribution in [2.75, 3.05) is 0 Å². The topological polar surface area (TPSA) is 109 Å². The SMILES string of the molecule is CC(C)n1c(Cn2cccn2)nnc1S(N)(=O)=O. The van der Waals surface area contributed by atoms with Crippen LogP contribution in [0.2, 0.25) is 0 Å². The average Bonchev–Trinajstić information content (AvgIpc) is 2.85. The van der Waals surface area contributed by atoms with Gasteiger partial charge in [-0.15, -0.1) is 10.2 Å². The number of primary sulfonamides is 1. The smallest absolute Gasteiger partial charge is 0.273 e. The van der Waals surface area contributed by atoms with Crippen molar-refractivity contribution >= 4 is 10.0 Å². The summed E-state index contributed by atoms with van der Waals surface area (Å²) in [6.07, 6.45) is 3.40. The normalized spacial score (nSPS) is 12.2. The fraction of sp³-hybridized carbons (Fsp3) is 0.444. The number of hydrogen-bond acceptors (Lipinski definition) is 5. The van der Waals surface area contributed by atoms with Gasteiger partial charge < -0.3 is 0 Å². The fourth-order valence-electron chi connectivity index (χ4n) is 1.67. The highest BCUT2D eigenvalue weighted by molar-refractivity contribution is 7.89. The molecule has 2 N–H and O–H groups in total. The standard InChI is InChI=1S/C9H14N6O2S/c1-7(2)15-8(6-14-5-3-4-11-14)12-13-9(15)18(10,16)17/h3-5,7H,6H2,1-2H3,(H2,10,16,17). The van der Waals surface area contributed by atoms with E-state index in [0.29, 0.717) is 12.4 Å². The van der Waals surface area contributed by atoms with Crippen molar-refractivity contribution in [3.63, 3.8) is 0 Å². The number of rotatable bonds is 4. The summed E-state index contributed by atoms with van der Waals surface area (Å²) in [4.78, 5) is 0. The molecule has 2 aromatic heterocycles. The number of aromatic nitrogens is 5. The zero-order chi connectivity index (χ0) is 13.3. The maximum atomic E-state index is 11.4. The second kappa shape index (κ2) is 4.50. The minimum absolute atomic E-state index is 0.112. The van der Waals surface area contributed by atoms with Gasteiger partial charge >= 0.3 is 0 Å². The molecule has 0 fully saturated rings. The summed E-state index contributed by atoms with van der Waals surface area (Å²) in [6, 6.07) is 1.66. The van der Waals surface area contributed by atoms with Gasteiger partial charge in [0.1, 0.15) is 6.54 Å². The van der Waals surface area contributed by atoms with Gasteiger partial charge in [-0.1, -0.05) is 0 Å². The number of nitrogens with zero attached hydrogens (tertiary/aromatic N) is 5. The molecule has 0 saturated carbocycles. The first-order chi connectivity index (χ1) is 8.39. The third-order valence-corrected chi connectivity index (χ3v) is 3.16. The van der Waals surface area contributed by atoms with Crippen molar-refractivity contribution in [1.29, 1.82) is 0 Å². The van der Waals surface area contributed by atoms with Crippen molar-refractivity contribution in [3.8, 4) is 0 Å². The van der Waals surface area contributed by atoms with Crippen LogP contribution in [0.5, 0.6) is 0 Å². The van der Waals surface area contributed by atoms with E-state index in [9.17, 15) is 8.42 Å². The molecule has 0 saturated heterocycles. The van der Waals surface area contributed by atoms with Crippen LogP contribution in [-0.4, -0.2) is 33.0 Å². The summed E-state index contributed by atoms with van der Waals surface area (Å²) in [6.45, 7) is 4.02. The van der Waals surface area contributed by atoms with E-state index < -0.39 is 10.0 Å². The average molecular weight is 270 g/mol. The van der Waals surface area contributed by atoms with E-state index in [2.05, 4.69) is 15.3 Å². The Bertz CT molecular complexity index is 628. The first-order valence-electron chi connectivity index (χ1n) is 5.33. The van der Waals surface area contributed by atoms with Crippen LogP contribution in [0.3, 0.4) is 0 Å². The molecule has 2 heterocycles. The lowest BCUT2D eigenvalue weighted by molar-refractivity contribution is 0.491. The lowest BCUT2D eigenvalue weighted by Crippen LogP contribution is -2.21. The van der Waals surface area contributed by atoms with Crippen LogP contribution in [0.25, 0.3) is 0 Å². The van der Waals surface area contributed by atoms with E-state index in [-0.39, 0.29) is 11.2 Å². The highest BCUT2D eigenvalue weighted by atomic mass is 32.2. The third-order valence-electron chi connectivity index (χ3n) is 2.37. The van der Waals surface area contributed by atoms with Crippen molar-refractivity contribution in [2.45, 2.75) is 31.6 Å². The van der Waals surface area contributed by atoms with Crippen molar-refractivity contribution in [3.05, 3.63) is 24.3 Å². The molecule has 0 aliphatic rings. The van der Waals surface area contributed by atoms with Gasteiger partial charge in [-0.3, -0.25) is 9.25 Å². The minimum Gasteiger partial charge on any atom is -0.297 e. The quantitative estimate of drug-likeness (QED) is 0.824. The first kappa shape index (κ1) is 12.7. The Labute approximate surface area is 104 Å². The molecule has 0 spiro atoms.